The Morgan fingerprint density at radius 1 is 1.25 bits per heavy atom. The Hall–Kier alpha value is -1.57. The summed E-state index contributed by atoms with van der Waals surface area (Å²) < 4.78 is 4.85. The predicted octanol–water partition coefficient (Wildman–Crippen LogP) is 2.26. The van der Waals surface area contributed by atoms with Crippen molar-refractivity contribution < 1.29 is 14.3 Å². The molecule has 1 aliphatic rings. The normalized spacial score (nSPS) is 17.6. The molecule has 0 aliphatic heterocycles. The number of hydrogen-bond acceptors (Lipinski definition) is 4. The van der Waals surface area contributed by atoms with Gasteiger partial charge >= 0.3 is 5.97 Å². The summed E-state index contributed by atoms with van der Waals surface area (Å²) in [6, 6.07) is 2.24. The van der Waals surface area contributed by atoms with E-state index in [0.29, 0.717) is 26.0 Å². The molecule has 0 aromatic heterocycles. The number of nitrogens with zero attached hydrogens (tertiary/aromatic N) is 2. The molecular weight excluding hydrogens is 256 g/mol. The zero-order chi connectivity index (χ0) is 15.0. The first-order chi connectivity index (χ1) is 9.55. The van der Waals surface area contributed by atoms with Gasteiger partial charge in [-0.3, -0.25) is 9.59 Å². The topological polar surface area (TPSA) is 70.4 Å². The quantitative estimate of drug-likeness (QED) is 0.572. The molecule has 112 valence electrons. The second-order valence-corrected chi connectivity index (χ2v) is 5.39. The second-order valence-electron chi connectivity index (χ2n) is 5.39. The van der Waals surface area contributed by atoms with Gasteiger partial charge in [-0.2, -0.15) is 5.26 Å². The van der Waals surface area contributed by atoms with Gasteiger partial charge in [0.25, 0.3) is 0 Å². The third kappa shape index (κ3) is 4.22. The number of nitriles is 1. The van der Waals surface area contributed by atoms with E-state index in [0.717, 1.165) is 25.7 Å². The van der Waals surface area contributed by atoms with Gasteiger partial charge < -0.3 is 9.64 Å². The third-order valence-electron chi connectivity index (χ3n) is 3.88. The van der Waals surface area contributed by atoms with Crippen LogP contribution in [0.1, 0.15) is 51.9 Å². The van der Waals surface area contributed by atoms with Crippen molar-refractivity contribution in [2.24, 2.45) is 5.41 Å². The molecule has 0 heterocycles. The van der Waals surface area contributed by atoms with E-state index in [1.165, 1.54) is 4.90 Å². The Balaban J connectivity index is 2.61. The van der Waals surface area contributed by atoms with Crippen LogP contribution in [0.3, 0.4) is 0 Å². The van der Waals surface area contributed by atoms with Crippen LogP contribution in [0.2, 0.25) is 0 Å². The number of amides is 1. The highest BCUT2D eigenvalue weighted by Gasteiger charge is 2.40. The van der Waals surface area contributed by atoms with Crippen LogP contribution in [0, 0.1) is 16.7 Å². The van der Waals surface area contributed by atoms with Crippen LogP contribution < -0.4 is 0 Å². The zero-order valence-corrected chi connectivity index (χ0v) is 12.5. The molecule has 5 heteroatoms. The zero-order valence-electron chi connectivity index (χ0n) is 12.5. The van der Waals surface area contributed by atoms with Crippen molar-refractivity contribution in [3.63, 3.8) is 0 Å². The Morgan fingerprint density at radius 3 is 2.35 bits per heavy atom. The molecule has 0 unspecified atom stereocenters. The maximum absolute atomic E-state index is 12.5. The maximum Gasteiger partial charge on any atom is 0.307 e. The third-order valence-corrected chi connectivity index (χ3v) is 3.88. The molecule has 0 radical (unpaired) electrons. The van der Waals surface area contributed by atoms with Gasteiger partial charge in [0.15, 0.2) is 0 Å². The summed E-state index contributed by atoms with van der Waals surface area (Å²) in [7, 11) is 1.66. The van der Waals surface area contributed by atoms with Crippen molar-refractivity contribution in [1.82, 2.24) is 4.90 Å². The van der Waals surface area contributed by atoms with E-state index >= 15 is 0 Å². The Kier molecular flexibility index (Phi) is 6.50. The summed E-state index contributed by atoms with van der Waals surface area (Å²) in [5.74, 6) is -0.453. The summed E-state index contributed by atoms with van der Waals surface area (Å²) >= 11 is 0. The van der Waals surface area contributed by atoms with E-state index in [-0.39, 0.29) is 18.3 Å². The fourth-order valence-corrected chi connectivity index (χ4v) is 2.66. The van der Waals surface area contributed by atoms with Crippen molar-refractivity contribution in [1.29, 1.82) is 5.26 Å². The highest BCUT2D eigenvalue weighted by molar-refractivity contribution is 5.85. The van der Waals surface area contributed by atoms with E-state index < -0.39 is 5.41 Å². The van der Waals surface area contributed by atoms with Gasteiger partial charge in [0.2, 0.25) is 5.91 Å². The van der Waals surface area contributed by atoms with Crippen molar-refractivity contribution in [2.45, 2.75) is 51.9 Å². The van der Waals surface area contributed by atoms with Crippen LogP contribution >= 0.6 is 0 Å². The van der Waals surface area contributed by atoms with Crippen molar-refractivity contribution in [3.8, 4) is 6.07 Å². The van der Waals surface area contributed by atoms with E-state index in [9.17, 15) is 14.9 Å². The smallest absolute Gasteiger partial charge is 0.307 e. The SMILES string of the molecule is CCOC(=O)CCN(C)C(=O)C1(C#N)CCCCCC1. The summed E-state index contributed by atoms with van der Waals surface area (Å²) in [4.78, 5) is 25.4. The average molecular weight is 280 g/mol. The molecule has 1 rings (SSSR count). The Morgan fingerprint density at radius 2 is 1.85 bits per heavy atom. The summed E-state index contributed by atoms with van der Waals surface area (Å²) in [6.45, 7) is 2.41. The molecule has 0 aromatic carbocycles. The van der Waals surface area contributed by atoms with Gasteiger partial charge in [0.1, 0.15) is 5.41 Å². The van der Waals surface area contributed by atoms with Crippen LogP contribution in [-0.2, 0) is 14.3 Å². The molecule has 0 spiro atoms. The minimum absolute atomic E-state index is 0.147. The fraction of sp³-hybridized carbons (Fsp3) is 0.800. The summed E-state index contributed by atoms with van der Waals surface area (Å²) in [6.07, 6.45) is 5.46. The maximum atomic E-state index is 12.5. The van der Waals surface area contributed by atoms with E-state index in [1.54, 1.807) is 14.0 Å². The molecule has 0 bridgehead atoms. The lowest BCUT2D eigenvalue weighted by Crippen LogP contribution is -2.42. The molecular formula is C15H24N2O3. The van der Waals surface area contributed by atoms with Gasteiger partial charge in [-0.1, -0.05) is 25.7 Å². The minimum Gasteiger partial charge on any atom is -0.466 e. The second kappa shape index (κ2) is 7.88. The van der Waals surface area contributed by atoms with Crippen LogP contribution in [-0.4, -0.2) is 37.0 Å². The highest BCUT2D eigenvalue weighted by Crippen LogP contribution is 2.36. The molecule has 1 saturated carbocycles. The fourth-order valence-electron chi connectivity index (χ4n) is 2.66. The molecule has 0 atom stereocenters. The van der Waals surface area contributed by atoms with Gasteiger partial charge in [-0.25, -0.2) is 0 Å². The number of carbonyl (C=O) groups excluding carboxylic acids is 2. The van der Waals surface area contributed by atoms with Crippen molar-refractivity contribution in [2.75, 3.05) is 20.2 Å². The summed E-state index contributed by atoms with van der Waals surface area (Å²) in [5, 5.41) is 9.46. The first-order valence-electron chi connectivity index (χ1n) is 7.38. The van der Waals surface area contributed by atoms with Crippen LogP contribution in [0.5, 0.6) is 0 Å². The Bertz CT molecular complexity index is 379. The van der Waals surface area contributed by atoms with E-state index in [1.807, 2.05) is 0 Å². The van der Waals surface area contributed by atoms with Crippen LogP contribution in [0.4, 0.5) is 0 Å². The number of hydrogen-bond donors (Lipinski definition) is 0. The molecule has 1 aliphatic carbocycles. The van der Waals surface area contributed by atoms with Crippen molar-refractivity contribution in [3.05, 3.63) is 0 Å². The minimum atomic E-state index is -0.889. The predicted molar refractivity (Wildman–Crippen MR) is 74.6 cm³/mol. The number of rotatable bonds is 5. The standard InChI is InChI=1S/C15H24N2O3/c1-3-20-13(18)8-11-17(2)14(19)15(12-16)9-6-4-5-7-10-15/h3-11H2,1-2H3. The van der Waals surface area contributed by atoms with Gasteiger partial charge in [-0.05, 0) is 19.8 Å². The largest absolute Gasteiger partial charge is 0.466 e. The lowest BCUT2D eigenvalue weighted by Gasteiger charge is -2.29. The molecule has 0 aromatic rings. The first kappa shape index (κ1) is 16.5. The van der Waals surface area contributed by atoms with Gasteiger partial charge in [-0.15, -0.1) is 0 Å². The van der Waals surface area contributed by atoms with Gasteiger partial charge in [0.05, 0.1) is 19.1 Å². The van der Waals surface area contributed by atoms with E-state index in [4.69, 9.17) is 4.74 Å². The molecule has 1 fully saturated rings. The van der Waals surface area contributed by atoms with Crippen LogP contribution in [0.25, 0.3) is 0 Å². The molecule has 0 N–H and O–H groups in total. The molecule has 5 nitrogen and oxygen atoms in total. The average Bonchev–Trinajstić information content (AvgIpc) is 2.70. The number of carbonyl (C=O) groups is 2. The molecule has 1 amide bonds. The first-order valence-corrected chi connectivity index (χ1v) is 7.38. The lowest BCUT2D eigenvalue weighted by molar-refractivity contribution is -0.144. The number of ether oxygens (including phenoxy) is 1. The molecule has 0 saturated heterocycles. The number of esters is 1. The molecule has 20 heavy (non-hydrogen) atoms. The van der Waals surface area contributed by atoms with Crippen LogP contribution in [0.15, 0.2) is 0 Å². The van der Waals surface area contributed by atoms with E-state index in [2.05, 4.69) is 6.07 Å². The monoisotopic (exact) mass is 280 g/mol. The summed E-state index contributed by atoms with van der Waals surface area (Å²) in [5.41, 5.74) is -0.889. The lowest BCUT2D eigenvalue weighted by atomic mass is 9.80. The Labute approximate surface area is 120 Å². The van der Waals surface area contributed by atoms with Gasteiger partial charge in [0, 0.05) is 13.6 Å². The van der Waals surface area contributed by atoms with Crippen molar-refractivity contribution >= 4 is 11.9 Å². The highest BCUT2D eigenvalue weighted by atomic mass is 16.5.